The van der Waals surface area contributed by atoms with E-state index >= 15 is 0 Å². The fraction of sp³-hybridized carbons (Fsp3) is 0.474. The molecule has 0 unspecified atom stereocenters. The van der Waals surface area contributed by atoms with E-state index in [0.29, 0.717) is 12.8 Å². The van der Waals surface area contributed by atoms with E-state index in [1.54, 1.807) is 6.92 Å². The minimum Gasteiger partial charge on any atom is -0.369 e. The maximum atomic E-state index is 12.8. The number of benzene rings is 1. The number of ketones is 1. The molecule has 3 N–H and O–H groups in total. The van der Waals surface area contributed by atoms with Gasteiger partial charge in [-0.15, -0.1) is 0 Å². The van der Waals surface area contributed by atoms with E-state index in [4.69, 9.17) is 5.73 Å². The molecule has 1 saturated heterocycles. The molecule has 2 rings (SSSR count). The quantitative estimate of drug-likeness (QED) is 0.749. The summed E-state index contributed by atoms with van der Waals surface area (Å²) >= 11 is 0. The monoisotopic (exact) mass is 359 g/mol. The molecule has 1 aromatic rings. The highest BCUT2D eigenvalue weighted by Crippen LogP contribution is 2.18. The maximum Gasteiger partial charge on any atom is 0.223 e. The Morgan fingerprint density at radius 3 is 2.62 bits per heavy atom. The summed E-state index contributed by atoms with van der Waals surface area (Å²) in [5, 5.41) is 2.56. The average Bonchev–Trinajstić information content (AvgIpc) is 2.79. The van der Waals surface area contributed by atoms with Crippen molar-refractivity contribution < 1.29 is 19.2 Å². The molecule has 0 bridgehead atoms. The molecule has 3 amide bonds. The number of carbonyl (C=O) groups is 4. The number of rotatable bonds is 7. The van der Waals surface area contributed by atoms with Crippen molar-refractivity contribution in [2.45, 2.75) is 45.2 Å². The molecule has 7 nitrogen and oxygen atoms in total. The second-order valence-corrected chi connectivity index (χ2v) is 6.65. The van der Waals surface area contributed by atoms with Crippen molar-refractivity contribution >= 4 is 23.5 Å². The minimum absolute atomic E-state index is 0.0697. The highest BCUT2D eigenvalue weighted by atomic mass is 16.2. The van der Waals surface area contributed by atoms with Gasteiger partial charge >= 0.3 is 0 Å². The molecule has 0 aromatic heterocycles. The zero-order valence-corrected chi connectivity index (χ0v) is 14.9. The van der Waals surface area contributed by atoms with Crippen LogP contribution in [0.4, 0.5) is 0 Å². The molecule has 1 aliphatic rings. The first kappa shape index (κ1) is 19.6. The first-order chi connectivity index (χ1) is 12.4. The highest BCUT2D eigenvalue weighted by Gasteiger charge is 2.32. The Labute approximate surface area is 152 Å². The van der Waals surface area contributed by atoms with E-state index in [1.807, 2.05) is 30.3 Å². The largest absolute Gasteiger partial charge is 0.369 e. The van der Waals surface area contributed by atoms with Crippen LogP contribution in [0.25, 0.3) is 0 Å². The smallest absolute Gasteiger partial charge is 0.223 e. The van der Waals surface area contributed by atoms with Gasteiger partial charge in [-0.05, 0) is 18.4 Å². The zero-order valence-electron chi connectivity index (χ0n) is 14.9. The van der Waals surface area contributed by atoms with Crippen molar-refractivity contribution in [3.8, 4) is 0 Å². The lowest BCUT2D eigenvalue weighted by Crippen LogP contribution is -2.46. The average molecular weight is 359 g/mol. The van der Waals surface area contributed by atoms with Gasteiger partial charge in [0, 0.05) is 25.3 Å². The molecule has 1 aromatic carbocycles. The summed E-state index contributed by atoms with van der Waals surface area (Å²) in [5.41, 5.74) is 6.16. The number of primary amides is 1. The summed E-state index contributed by atoms with van der Waals surface area (Å²) in [7, 11) is 0. The molecule has 140 valence electrons. The van der Waals surface area contributed by atoms with E-state index < -0.39 is 17.9 Å². The number of nitrogens with two attached hydrogens (primary N) is 1. The molecule has 0 aliphatic carbocycles. The Hall–Kier alpha value is -2.70. The van der Waals surface area contributed by atoms with Gasteiger partial charge in [0.25, 0.3) is 0 Å². The Morgan fingerprint density at radius 2 is 1.96 bits per heavy atom. The molecule has 0 spiro atoms. The van der Waals surface area contributed by atoms with Gasteiger partial charge < -0.3 is 16.0 Å². The Bertz CT molecular complexity index is 675. The van der Waals surface area contributed by atoms with Crippen LogP contribution in [0.3, 0.4) is 0 Å². The number of hydrogen-bond acceptors (Lipinski definition) is 4. The van der Waals surface area contributed by atoms with Crippen LogP contribution in [0, 0.1) is 5.92 Å². The van der Waals surface area contributed by atoms with Crippen LogP contribution in [0.1, 0.15) is 38.2 Å². The number of carbonyl (C=O) groups excluding carboxylic acids is 4. The summed E-state index contributed by atoms with van der Waals surface area (Å²) < 4.78 is 0. The minimum atomic E-state index is -0.648. The molecule has 1 fully saturated rings. The van der Waals surface area contributed by atoms with E-state index in [9.17, 15) is 19.2 Å². The van der Waals surface area contributed by atoms with Crippen molar-refractivity contribution in [2.75, 3.05) is 6.54 Å². The maximum absolute atomic E-state index is 12.8. The first-order valence-corrected chi connectivity index (χ1v) is 8.80. The number of hydrogen-bond donors (Lipinski definition) is 2. The fourth-order valence-corrected chi connectivity index (χ4v) is 2.93. The Balaban J connectivity index is 2.17. The lowest BCUT2D eigenvalue weighted by atomic mass is 10.0. The van der Waals surface area contributed by atoms with Crippen LogP contribution in [-0.4, -0.2) is 41.0 Å². The topological polar surface area (TPSA) is 110 Å². The lowest BCUT2D eigenvalue weighted by molar-refractivity contribution is -0.140. The van der Waals surface area contributed by atoms with Gasteiger partial charge in [0.2, 0.25) is 17.7 Å². The second-order valence-electron chi connectivity index (χ2n) is 6.65. The van der Waals surface area contributed by atoms with Crippen LogP contribution in [0.15, 0.2) is 30.3 Å². The third-order valence-corrected chi connectivity index (χ3v) is 4.65. The van der Waals surface area contributed by atoms with Crippen LogP contribution < -0.4 is 11.1 Å². The molecular formula is C19H25N3O4. The van der Waals surface area contributed by atoms with Gasteiger partial charge in [0.15, 0.2) is 5.78 Å². The molecule has 7 heteroatoms. The highest BCUT2D eigenvalue weighted by molar-refractivity contribution is 5.94. The predicted molar refractivity (Wildman–Crippen MR) is 95.6 cm³/mol. The molecule has 1 aliphatic heterocycles. The summed E-state index contributed by atoms with van der Waals surface area (Å²) in [5.74, 6) is -1.44. The fourth-order valence-electron chi connectivity index (χ4n) is 2.93. The Kier molecular flexibility index (Phi) is 6.89. The number of nitrogens with zero attached hydrogens (tertiary/aromatic N) is 1. The van der Waals surface area contributed by atoms with Crippen LogP contribution >= 0.6 is 0 Å². The summed E-state index contributed by atoms with van der Waals surface area (Å²) in [4.78, 5) is 49.6. The number of amides is 3. The van der Waals surface area contributed by atoms with Gasteiger partial charge in [0.05, 0.1) is 12.6 Å². The van der Waals surface area contributed by atoms with E-state index in [-0.39, 0.29) is 43.5 Å². The third-order valence-electron chi connectivity index (χ3n) is 4.65. The zero-order chi connectivity index (χ0) is 19.1. The summed E-state index contributed by atoms with van der Waals surface area (Å²) in [6, 6.07) is 8.74. The molecule has 0 radical (unpaired) electrons. The molecule has 0 saturated carbocycles. The molecule has 26 heavy (non-hydrogen) atoms. The molecule has 2 atom stereocenters. The van der Waals surface area contributed by atoms with Crippen molar-refractivity contribution in [3.63, 3.8) is 0 Å². The molecule has 1 heterocycles. The lowest BCUT2D eigenvalue weighted by Gasteiger charge is -2.30. The Morgan fingerprint density at radius 1 is 1.27 bits per heavy atom. The van der Waals surface area contributed by atoms with Gasteiger partial charge in [-0.2, -0.15) is 0 Å². The molecular weight excluding hydrogens is 334 g/mol. The van der Waals surface area contributed by atoms with Crippen molar-refractivity contribution in [1.29, 1.82) is 0 Å². The second kappa shape index (κ2) is 9.12. The number of nitrogens with one attached hydrogen (secondary N) is 1. The van der Waals surface area contributed by atoms with Crippen LogP contribution in [-0.2, 0) is 25.7 Å². The van der Waals surface area contributed by atoms with Crippen molar-refractivity contribution in [1.82, 2.24) is 10.2 Å². The summed E-state index contributed by atoms with van der Waals surface area (Å²) in [6.45, 7) is 1.89. The van der Waals surface area contributed by atoms with Gasteiger partial charge in [-0.25, -0.2) is 0 Å². The van der Waals surface area contributed by atoms with Gasteiger partial charge in [-0.3, -0.25) is 19.2 Å². The SMILES string of the molecule is C[C@@H](CCC(=O)N(Cc1ccccc1)[C@H]1CCC(=O)NCC1=O)C(N)=O. The van der Waals surface area contributed by atoms with Crippen LogP contribution in [0.2, 0.25) is 0 Å². The van der Waals surface area contributed by atoms with Crippen molar-refractivity contribution in [3.05, 3.63) is 35.9 Å². The van der Waals surface area contributed by atoms with E-state index in [2.05, 4.69) is 5.32 Å². The summed E-state index contributed by atoms with van der Waals surface area (Å²) in [6.07, 6.45) is 0.959. The normalized spacial score (nSPS) is 18.6. The standard InChI is InChI=1S/C19H25N3O4/c1-13(19(20)26)7-10-18(25)22(12-14-5-3-2-4-6-14)15-8-9-17(24)21-11-16(15)23/h2-6,13,15H,7-12H2,1H3,(H2,20,26)(H,21,24)/t13-,15-/m0/s1. The number of Topliss-reactive ketones (excluding diaryl/α,β-unsaturated/α-hetero) is 1. The van der Waals surface area contributed by atoms with Gasteiger partial charge in [0.1, 0.15) is 0 Å². The predicted octanol–water partition coefficient (Wildman–Crippen LogP) is 0.765. The van der Waals surface area contributed by atoms with Gasteiger partial charge in [-0.1, -0.05) is 37.3 Å². The van der Waals surface area contributed by atoms with E-state index in [0.717, 1.165) is 5.56 Å². The van der Waals surface area contributed by atoms with Crippen molar-refractivity contribution in [2.24, 2.45) is 11.7 Å². The third kappa shape index (κ3) is 5.40. The van der Waals surface area contributed by atoms with E-state index in [1.165, 1.54) is 4.90 Å². The first-order valence-electron chi connectivity index (χ1n) is 8.80. The van der Waals surface area contributed by atoms with Crippen LogP contribution in [0.5, 0.6) is 0 Å².